The van der Waals surface area contributed by atoms with E-state index < -0.39 is 0 Å². The highest BCUT2D eigenvalue weighted by Gasteiger charge is 2.09. The summed E-state index contributed by atoms with van der Waals surface area (Å²) >= 11 is 0. The Bertz CT molecular complexity index is 253. The van der Waals surface area contributed by atoms with Crippen LogP contribution < -0.4 is 12.4 Å². The van der Waals surface area contributed by atoms with Crippen LogP contribution >= 0.6 is 0 Å². The summed E-state index contributed by atoms with van der Waals surface area (Å²) < 4.78 is 1.19. The SMILES string of the molecule is CCCCCCCCCCCCCCCCCCCC[N+](C)(C)CC.[Cl-]. The topological polar surface area (TPSA) is 0 Å². The molecule has 2 heteroatoms. The molecule has 0 unspecified atom stereocenters. The number of hydrogen-bond donors (Lipinski definition) is 0. The van der Waals surface area contributed by atoms with Crippen molar-refractivity contribution in [3.05, 3.63) is 0 Å². The molecule has 0 aromatic carbocycles. The lowest BCUT2D eigenvalue weighted by Crippen LogP contribution is -3.00. The molecular weight excluding hydrogens is 338 g/mol. The molecule has 0 radical (unpaired) electrons. The lowest BCUT2D eigenvalue weighted by molar-refractivity contribution is -0.888. The van der Waals surface area contributed by atoms with Gasteiger partial charge in [-0.3, -0.25) is 0 Å². The van der Waals surface area contributed by atoms with Crippen molar-refractivity contribution in [2.45, 2.75) is 129 Å². The van der Waals surface area contributed by atoms with E-state index in [1.807, 2.05) is 0 Å². The van der Waals surface area contributed by atoms with E-state index in [9.17, 15) is 0 Å². The first-order chi connectivity index (χ1) is 12.1. The van der Waals surface area contributed by atoms with E-state index in [4.69, 9.17) is 0 Å². The lowest BCUT2D eigenvalue weighted by Gasteiger charge is -2.28. The number of hydrogen-bond acceptors (Lipinski definition) is 0. The van der Waals surface area contributed by atoms with Crippen LogP contribution in [-0.2, 0) is 0 Å². The summed E-state index contributed by atoms with van der Waals surface area (Å²) in [6.07, 6.45) is 26.4. The fourth-order valence-electron chi connectivity index (χ4n) is 3.60. The maximum atomic E-state index is 2.35. The molecule has 0 bridgehead atoms. The van der Waals surface area contributed by atoms with E-state index >= 15 is 0 Å². The van der Waals surface area contributed by atoms with Gasteiger partial charge in [-0.2, -0.15) is 0 Å². The van der Waals surface area contributed by atoms with Gasteiger partial charge in [0.2, 0.25) is 0 Å². The highest BCUT2D eigenvalue weighted by molar-refractivity contribution is 4.50. The molecule has 0 aliphatic rings. The summed E-state index contributed by atoms with van der Waals surface area (Å²) in [5.74, 6) is 0. The minimum absolute atomic E-state index is 0. The van der Waals surface area contributed by atoms with E-state index in [2.05, 4.69) is 27.9 Å². The molecule has 0 rings (SSSR count). The standard InChI is InChI=1S/C24H52N.ClH/c1-5-7-8-9-10-11-12-13-14-15-16-17-18-19-20-21-22-23-24-25(3,4)6-2;/h5-24H2,1-4H3;1H/q+1;/p-1. The van der Waals surface area contributed by atoms with Crippen LogP contribution in [0.15, 0.2) is 0 Å². The van der Waals surface area contributed by atoms with Crippen molar-refractivity contribution < 1.29 is 16.9 Å². The van der Waals surface area contributed by atoms with Gasteiger partial charge in [-0.1, -0.05) is 110 Å². The molecule has 0 aromatic heterocycles. The number of quaternary nitrogens is 1. The second kappa shape index (κ2) is 21.5. The van der Waals surface area contributed by atoms with Gasteiger partial charge < -0.3 is 16.9 Å². The second-order valence-corrected chi connectivity index (χ2v) is 8.99. The van der Waals surface area contributed by atoms with Crippen LogP contribution in [0.25, 0.3) is 0 Å². The molecule has 0 aromatic rings. The smallest absolute Gasteiger partial charge is 0.0782 e. The van der Waals surface area contributed by atoms with Crippen LogP contribution in [0, 0.1) is 0 Å². The first-order valence-electron chi connectivity index (χ1n) is 11.9. The molecule has 0 aliphatic carbocycles. The zero-order valence-corrected chi connectivity index (χ0v) is 19.7. The first kappa shape index (κ1) is 28.5. The summed E-state index contributed by atoms with van der Waals surface area (Å²) in [6, 6.07) is 0. The molecule has 0 amide bonds. The van der Waals surface area contributed by atoms with Gasteiger partial charge in [0.15, 0.2) is 0 Å². The van der Waals surface area contributed by atoms with Crippen LogP contribution in [-0.4, -0.2) is 31.7 Å². The quantitative estimate of drug-likeness (QED) is 0.200. The normalized spacial score (nSPS) is 11.5. The fourth-order valence-corrected chi connectivity index (χ4v) is 3.60. The van der Waals surface area contributed by atoms with Crippen molar-refractivity contribution in [1.82, 2.24) is 0 Å². The predicted molar refractivity (Wildman–Crippen MR) is 116 cm³/mol. The second-order valence-electron chi connectivity index (χ2n) is 8.99. The minimum Gasteiger partial charge on any atom is -1.00 e. The van der Waals surface area contributed by atoms with Crippen molar-refractivity contribution in [3.63, 3.8) is 0 Å². The number of rotatable bonds is 20. The number of halogens is 1. The van der Waals surface area contributed by atoms with Gasteiger partial charge >= 0.3 is 0 Å². The average molecular weight is 390 g/mol. The highest BCUT2D eigenvalue weighted by atomic mass is 35.5. The van der Waals surface area contributed by atoms with E-state index in [0.29, 0.717) is 0 Å². The maximum Gasteiger partial charge on any atom is 0.0782 e. The third-order valence-corrected chi connectivity index (χ3v) is 5.97. The van der Waals surface area contributed by atoms with Crippen LogP contribution in [0.2, 0.25) is 0 Å². The first-order valence-corrected chi connectivity index (χ1v) is 11.9. The van der Waals surface area contributed by atoms with Crippen molar-refractivity contribution >= 4 is 0 Å². The molecule has 1 nitrogen and oxygen atoms in total. The van der Waals surface area contributed by atoms with Crippen LogP contribution in [0.3, 0.4) is 0 Å². The average Bonchev–Trinajstić information content (AvgIpc) is 2.60. The Morgan fingerprint density at radius 1 is 0.423 bits per heavy atom. The highest BCUT2D eigenvalue weighted by Crippen LogP contribution is 2.14. The van der Waals surface area contributed by atoms with Crippen molar-refractivity contribution in [2.24, 2.45) is 0 Å². The monoisotopic (exact) mass is 389 g/mol. The van der Waals surface area contributed by atoms with E-state index in [0.717, 1.165) is 0 Å². The van der Waals surface area contributed by atoms with Gasteiger partial charge in [0.25, 0.3) is 0 Å². The van der Waals surface area contributed by atoms with E-state index in [1.165, 1.54) is 133 Å². The van der Waals surface area contributed by atoms with Gasteiger partial charge in [-0.15, -0.1) is 0 Å². The molecular formula is C24H52ClN. The summed E-state index contributed by atoms with van der Waals surface area (Å²) in [5, 5.41) is 0. The Morgan fingerprint density at radius 3 is 0.962 bits per heavy atom. The van der Waals surface area contributed by atoms with Crippen LogP contribution in [0.5, 0.6) is 0 Å². The van der Waals surface area contributed by atoms with Gasteiger partial charge in [0, 0.05) is 0 Å². The molecule has 0 aliphatic heterocycles. The Balaban J connectivity index is 0. The molecule has 0 spiro atoms. The maximum absolute atomic E-state index is 2.35. The Morgan fingerprint density at radius 2 is 0.692 bits per heavy atom. The summed E-state index contributed by atoms with van der Waals surface area (Å²) in [4.78, 5) is 0. The van der Waals surface area contributed by atoms with E-state index in [-0.39, 0.29) is 12.4 Å². The van der Waals surface area contributed by atoms with Gasteiger partial charge in [-0.05, 0) is 19.8 Å². The molecule has 0 N–H and O–H groups in total. The van der Waals surface area contributed by atoms with Crippen molar-refractivity contribution in [2.75, 3.05) is 27.2 Å². The third kappa shape index (κ3) is 22.3. The Kier molecular flexibility index (Phi) is 23.6. The summed E-state index contributed by atoms with van der Waals surface area (Å²) in [7, 11) is 4.71. The minimum atomic E-state index is 0. The summed E-state index contributed by atoms with van der Waals surface area (Å²) in [6.45, 7) is 7.22. The molecule has 26 heavy (non-hydrogen) atoms. The zero-order valence-electron chi connectivity index (χ0n) is 19.0. The molecule has 160 valence electrons. The lowest BCUT2D eigenvalue weighted by atomic mass is 10.0. The molecule has 0 saturated carbocycles. The number of nitrogens with zero attached hydrogens (tertiary/aromatic N) is 1. The Labute approximate surface area is 173 Å². The van der Waals surface area contributed by atoms with Gasteiger partial charge in [0.05, 0.1) is 27.2 Å². The van der Waals surface area contributed by atoms with Crippen molar-refractivity contribution in [3.8, 4) is 0 Å². The molecule has 0 saturated heterocycles. The molecule has 0 atom stereocenters. The molecule has 0 heterocycles. The van der Waals surface area contributed by atoms with E-state index in [1.54, 1.807) is 0 Å². The predicted octanol–water partition coefficient (Wildman–Crippen LogP) is 5.13. The van der Waals surface area contributed by atoms with Crippen molar-refractivity contribution in [1.29, 1.82) is 0 Å². The van der Waals surface area contributed by atoms with Gasteiger partial charge in [-0.25, -0.2) is 0 Å². The fraction of sp³-hybridized carbons (Fsp3) is 1.00. The Hall–Kier alpha value is 0.250. The summed E-state index contributed by atoms with van der Waals surface area (Å²) in [5.41, 5.74) is 0. The zero-order chi connectivity index (χ0) is 18.6. The van der Waals surface area contributed by atoms with Crippen LogP contribution in [0.4, 0.5) is 0 Å². The van der Waals surface area contributed by atoms with Gasteiger partial charge in [0.1, 0.15) is 0 Å². The molecule has 0 fully saturated rings. The third-order valence-electron chi connectivity index (χ3n) is 5.97. The van der Waals surface area contributed by atoms with Crippen LogP contribution in [0.1, 0.15) is 129 Å². The largest absolute Gasteiger partial charge is 1.00 e. The number of unbranched alkanes of at least 4 members (excludes halogenated alkanes) is 17.